The minimum Gasteiger partial charge on any atom is -0.467 e. The summed E-state index contributed by atoms with van der Waals surface area (Å²) in [5.41, 5.74) is 5.60. The molecule has 10 heteroatoms. The van der Waals surface area contributed by atoms with Crippen molar-refractivity contribution in [2.24, 2.45) is 0 Å². The first-order valence-corrected chi connectivity index (χ1v) is 16.2. The van der Waals surface area contributed by atoms with Gasteiger partial charge in [0.1, 0.15) is 6.04 Å². The van der Waals surface area contributed by atoms with Crippen molar-refractivity contribution in [3.8, 4) is 0 Å². The third-order valence-corrected chi connectivity index (χ3v) is 8.38. The number of urea groups is 1. The SMILES string of the molecule is COC(=O)[C@H](Cc1ccccc1)NC(=O)NCc1ccc([C@H]2O[C@@H](CN(C)CCc3ccccn3)C[C@@H](c3ccc(CO)cc3)O2)cc1. The fraction of sp³-hybridized carbons (Fsp3) is 0.342. The van der Waals surface area contributed by atoms with Crippen molar-refractivity contribution >= 4 is 12.0 Å². The van der Waals surface area contributed by atoms with Crippen LogP contribution >= 0.6 is 0 Å². The van der Waals surface area contributed by atoms with Crippen LogP contribution in [0.5, 0.6) is 0 Å². The molecular formula is C38H44N4O6. The maximum Gasteiger partial charge on any atom is 0.328 e. The van der Waals surface area contributed by atoms with Gasteiger partial charge in [-0.1, -0.05) is 84.9 Å². The molecule has 48 heavy (non-hydrogen) atoms. The smallest absolute Gasteiger partial charge is 0.328 e. The third kappa shape index (κ3) is 10.2. The normalized spacial score (nSPS) is 18.2. The molecule has 0 bridgehead atoms. The van der Waals surface area contributed by atoms with E-state index >= 15 is 0 Å². The molecule has 0 saturated carbocycles. The largest absolute Gasteiger partial charge is 0.467 e. The maximum absolute atomic E-state index is 12.7. The summed E-state index contributed by atoms with van der Waals surface area (Å²) in [5.74, 6) is -0.508. The average Bonchev–Trinajstić information content (AvgIpc) is 3.13. The van der Waals surface area contributed by atoms with Crippen LogP contribution in [0.25, 0.3) is 0 Å². The summed E-state index contributed by atoms with van der Waals surface area (Å²) in [7, 11) is 3.40. The van der Waals surface area contributed by atoms with Crippen LogP contribution in [0.4, 0.5) is 4.79 Å². The van der Waals surface area contributed by atoms with Crippen molar-refractivity contribution in [3.05, 3.63) is 137 Å². The van der Waals surface area contributed by atoms with Gasteiger partial charge in [-0.25, -0.2) is 9.59 Å². The van der Waals surface area contributed by atoms with Gasteiger partial charge in [-0.15, -0.1) is 0 Å². The average molecular weight is 653 g/mol. The molecule has 1 fully saturated rings. The van der Waals surface area contributed by atoms with Crippen LogP contribution < -0.4 is 10.6 Å². The van der Waals surface area contributed by atoms with E-state index < -0.39 is 24.3 Å². The Morgan fingerprint density at radius 3 is 2.31 bits per heavy atom. The standard InChI is InChI=1S/C38H44N4O6/c1-42(21-19-32-10-6-7-20-39-32)25-33-23-35(30-15-13-29(26-43)14-16-30)48-37(47-33)31-17-11-28(12-18-31)24-40-38(45)41-34(36(44)46-2)22-27-8-4-3-5-9-27/h3-18,20,33-35,37,43H,19,21-26H2,1-2H3,(H2,40,41,45)/t33-,34+,35+,37+/m1/s1. The molecule has 0 radical (unpaired) electrons. The Labute approximate surface area is 282 Å². The number of hydrogen-bond acceptors (Lipinski definition) is 8. The predicted octanol–water partition coefficient (Wildman–Crippen LogP) is 4.88. The Bertz CT molecular complexity index is 1570. The zero-order valence-electron chi connectivity index (χ0n) is 27.5. The van der Waals surface area contributed by atoms with Gasteiger partial charge in [-0.3, -0.25) is 4.98 Å². The highest BCUT2D eigenvalue weighted by atomic mass is 16.7. The molecule has 2 amide bonds. The van der Waals surface area contributed by atoms with Crippen LogP contribution in [0.15, 0.2) is 103 Å². The number of hydrogen-bond donors (Lipinski definition) is 3. The fourth-order valence-corrected chi connectivity index (χ4v) is 5.69. The molecule has 0 spiro atoms. The second-order valence-electron chi connectivity index (χ2n) is 12.0. The zero-order valence-corrected chi connectivity index (χ0v) is 27.5. The van der Waals surface area contributed by atoms with E-state index in [4.69, 9.17) is 14.2 Å². The first kappa shape index (κ1) is 34.7. The van der Waals surface area contributed by atoms with Gasteiger partial charge in [0.2, 0.25) is 0 Å². The topological polar surface area (TPSA) is 122 Å². The van der Waals surface area contributed by atoms with Gasteiger partial charge in [-0.05, 0) is 41.4 Å². The molecule has 1 aliphatic rings. The summed E-state index contributed by atoms with van der Waals surface area (Å²) in [4.78, 5) is 31.8. The number of aromatic nitrogens is 1. The number of pyridine rings is 1. The molecule has 4 atom stereocenters. The van der Waals surface area contributed by atoms with Gasteiger partial charge < -0.3 is 34.9 Å². The lowest BCUT2D eigenvalue weighted by molar-refractivity contribution is -0.252. The van der Waals surface area contributed by atoms with Gasteiger partial charge in [0.25, 0.3) is 0 Å². The van der Waals surface area contributed by atoms with Crippen molar-refractivity contribution in [2.45, 2.75) is 57.0 Å². The van der Waals surface area contributed by atoms with Crippen LogP contribution in [-0.2, 0) is 45.0 Å². The van der Waals surface area contributed by atoms with E-state index in [0.717, 1.165) is 53.0 Å². The number of carbonyl (C=O) groups is 2. The molecule has 2 heterocycles. The molecule has 1 aliphatic heterocycles. The number of methoxy groups -OCH3 is 1. The first-order chi connectivity index (χ1) is 23.4. The highest BCUT2D eigenvalue weighted by molar-refractivity contribution is 5.83. The van der Waals surface area contributed by atoms with Gasteiger partial charge in [0.15, 0.2) is 6.29 Å². The van der Waals surface area contributed by atoms with Crippen molar-refractivity contribution in [1.82, 2.24) is 20.5 Å². The number of ether oxygens (including phenoxy) is 3. The Hall–Kier alpha value is -4.61. The number of aliphatic hydroxyl groups is 1. The molecule has 1 saturated heterocycles. The summed E-state index contributed by atoms with van der Waals surface area (Å²) < 4.78 is 17.9. The number of esters is 1. The molecule has 10 nitrogen and oxygen atoms in total. The lowest BCUT2D eigenvalue weighted by atomic mass is 9.99. The first-order valence-electron chi connectivity index (χ1n) is 16.2. The van der Waals surface area contributed by atoms with Crippen molar-refractivity contribution < 1.29 is 28.9 Å². The minimum absolute atomic E-state index is 0.0103. The van der Waals surface area contributed by atoms with Gasteiger partial charge in [-0.2, -0.15) is 0 Å². The molecule has 0 aliphatic carbocycles. The maximum atomic E-state index is 12.7. The lowest BCUT2D eigenvalue weighted by Crippen LogP contribution is -2.47. The molecule has 4 aromatic rings. The lowest BCUT2D eigenvalue weighted by Gasteiger charge is -2.38. The second kappa shape index (κ2) is 17.5. The number of rotatable bonds is 14. The van der Waals surface area contributed by atoms with Crippen molar-refractivity contribution in [3.63, 3.8) is 0 Å². The molecule has 3 aromatic carbocycles. The number of nitrogens with one attached hydrogen (secondary N) is 2. The quantitative estimate of drug-likeness (QED) is 0.165. The number of nitrogens with zero attached hydrogens (tertiary/aromatic N) is 2. The van der Waals surface area contributed by atoms with Gasteiger partial charge in [0, 0.05) is 56.4 Å². The molecule has 5 rings (SSSR count). The Balaban J connectivity index is 1.20. The summed E-state index contributed by atoms with van der Waals surface area (Å²) >= 11 is 0. The Morgan fingerprint density at radius 2 is 1.62 bits per heavy atom. The number of carbonyl (C=O) groups excluding carboxylic acids is 2. The van der Waals surface area contributed by atoms with E-state index in [0.29, 0.717) is 12.8 Å². The van der Waals surface area contributed by atoms with E-state index in [2.05, 4.69) is 27.6 Å². The molecule has 0 unspecified atom stereocenters. The Kier molecular flexibility index (Phi) is 12.7. The monoisotopic (exact) mass is 652 g/mol. The third-order valence-electron chi connectivity index (χ3n) is 8.38. The zero-order chi connectivity index (χ0) is 33.7. The van der Waals surface area contributed by atoms with E-state index in [1.54, 1.807) is 0 Å². The van der Waals surface area contributed by atoms with E-state index in [9.17, 15) is 14.7 Å². The highest BCUT2D eigenvalue weighted by Crippen LogP contribution is 2.38. The summed E-state index contributed by atoms with van der Waals surface area (Å²) in [6, 6.07) is 29.8. The van der Waals surface area contributed by atoms with E-state index in [1.807, 2.05) is 103 Å². The predicted molar refractivity (Wildman–Crippen MR) is 182 cm³/mol. The number of aliphatic hydroxyl groups excluding tert-OH is 1. The van der Waals surface area contributed by atoms with E-state index in [1.165, 1.54) is 7.11 Å². The molecule has 3 N–H and O–H groups in total. The van der Waals surface area contributed by atoms with Crippen LogP contribution in [0.1, 0.15) is 52.3 Å². The second-order valence-corrected chi connectivity index (χ2v) is 12.0. The van der Waals surface area contributed by atoms with Crippen LogP contribution in [0.3, 0.4) is 0 Å². The number of likely N-dealkylation sites (N-methyl/N-ethyl adjacent to an activating group) is 1. The summed E-state index contributed by atoms with van der Waals surface area (Å²) in [6.07, 6.45) is 2.83. The number of amides is 2. The Morgan fingerprint density at radius 1 is 0.917 bits per heavy atom. The van der Waals surface area contributed by atoms with Gasteiger partial charge >= 0.3 is 12.0 Å². The molecular weight excluding hydrogens is 608 g/mol. The van der Waals surface area contributed by atoms with Gasteiger partial charge in [0.05, 0.1) is 25.9 Å². The highest BCUT2D eigenvalue weighted by Gasteiger charge is 2.33. The summed E-state index contributed by atoms with van der Waals surface area (Å²) in [5, 5.41) is 15.1. The minimum atomic E-state index is -0.810. The fourth-order valence-electron chi connectivity index (χ4n) is 5.69. The molecule has 252 valence electrons. The molecule has 1 aromatic heterocycles. The van der Waals surface area contributed by atoms with Crippen LogP contribution in [0.2, 0.25) is 0 Å². The summed E-state index contributed by atoms with van der Waals surface area (Å²) in [6.45, 7) is 1.83. The van der Waals surface area contributed by atoms with Crippen LogP contribution in [-0.4, -0.2) is 66.4 Å². The van der Waals surface area contributed by atoms with Crippen LogP contribution in [0, 0.1) is 0 Å². The van der Waals surface area contributed by atoms with E-state index in [-0.39, 0.29) is 25.4 Å². The van der Waals surface area contributed by atoms with Crippen molar-refractivity contribution in [2.75, 3.05) is 27.2 Å². The number of benzene rings is 3. The van der Waals surface area contributed by atoms with Crippen molar-refractivity contribution in [1.29, 1.82) is 0 Å².